The molecule has 1 fully saturated rings. The number of ether oxygens (including phenoxy) is 3. The van der Waals surface area contributed by atoms with Crippen LogP contribution in [0.3, 0.4) is 0 Å². The van der Waals surface area contributed by atoms with E-state index in [1.165, 1.54) is 6.08 Å². The van der Waals surface area contributed by atoms with Gasteiger partial charge >= 0.3 is 5.97 Å². The maximum Gasteiger partial charge on any atom is 0.330 e. The van der Waals surface area contributed by atoms with Gasteiger partial charge in [0, 0.05) is 25.7 Å². The van der Waals surface area contributed by atoms with Crippen molar-refractivity contribution in [2.45, 2.75) is 0 Å². The van der Waals surface area contributed by atoms with E-state index in [1.54, 1.807) is 13.2 Å². The molecule has 2 rings (SSSR count). The lowest BCUT2D eigenvalue weighted by atomic mass is 10.2. The summed E-state index contributed by atoms with van der Waals surface area (Å²) in [6.07, 6.45) is 3.18. The van der Waals surface area contributed by atoms with Gasteiger partial charge in [-0.2, -0.15) is 0 Å². The van der Waals surface area contributed by atoms with Gasteiger partial charge in [-0.05, 0) is 23.8 Å². The number of carbonyl (C=O) groups excluding carboxylic acids is 1. The highest BCUT2D eigenvalue weighted by Gasteiger charge is 2.10. The zero-order valence-electron chi connectivity index (χ0n) is 12.3. The fraction of sp³-hybridized carbons (Fsp3) is 0.438. The number of esters is 1. The van der Waals surface area contributed by atoms with E-state index in [0.717, 1.165) is 44.2 Å². The third-order valence-corrected chi connectivity index (χ3v) is 3.28. The molecule has 114 valence electrons. The summed E-state index contributed by atoms with van der Waals surface area (Å²) in [7, 11) is 1.62. The molecule has 0 aromatic heterocycles. The molecule has 0 spiro atoms. The van der Waals surface area contributed by atoms with Crippen molar-refractivity contribution in [3.8, 4) is 5.75 Å². The molecule has 0 N–H and O–H groups in total. The van der Waals surface area contributed by atoms with Crippen LogP contribution in [0.25, 0.3) is 6.08 Å². The Balaban J connectivity index is 1.69. The van der Waals surface area contributed by atoms with Gasteiger partial charge < -0.3 is 14.2 Å². The van der Waals surface area contributed by atoms with Crippen LogP contribution in [0.2, 0.25) is 0 Å². The average molecular weight is 291 g/mol. The Kier molecular flexibility index (Phi) is 6.24. The normalized spacial score (nSPS) is 16.0. The zero-order chi connectivity index (χ0) is 14.9. The molecule has 5 heteroatoms. The van der Waals surface area contributed by atoms with Crippen molar-refractivity contribution in [2.24, 2.45) is 0 Å². The van der Waals surface area contributed by atoms with Gasteiger partial charge in [0.05, 0.1) is 20.3 Å². The largest absolute Gasteiger partial charge is 0.497 e. The van der Waals surface area contributed by atoms with E-state index < -0.39 is 0 Å². The molecule has 0 aliphatic carbocycles. The first-order chi connectivity index (χ1) is 10.3. The smallest absolute Gasteiger partial charge is 0.330 e. The minimum atomic E-state index is -0.320. The summed E-state index contributed by atoms with van der Waals surface area (Å²) in [5, 5.41) is 0. The Morgan fingerprint density at radius 2 is 2.00 bits per heavy atom. The molecule has 0 radical (unpaired) electrons. The summed E-state index contributed by atoms with van der Waals surface area (Å²) in [5.74, 6) is 0.472. The lowest BCUT2D eigenvalue weighted by Crippen LogP contribution is -2.38. The maximum absolute atomic E-state index is 11.6. The Hall–Kier alpha value is -1.85. The monoisotopic (exact) mass is 291 g/mol. The SMILES string of the molecule is COc1ccc(/C=C/C(=O)OCCN2CCOCC2)cc1. The second-order valence-electron chi connectivity index (χ2n) is 4.73. The van der Waals surface area contributed by atoms with Crippen LogP contribution in [-0.4, -0.2) is 57.4 Å². The van der Waals surface area contributed by atoms with Crippen LogP contribution >= 0.6 is 0 Å². The molecule has 0 unspecified atom stereocenters. The van der Waals surface area contributed by atoms with Crippen molar-refractivity contribution in [2.75, 3.05) is 46.6 Å². The van der Waals surface area contributed by atoms with E-state index in [9.17, 15) is 4.79 Å². The van der Waals surface area contributed by atoms with Gasteiger partial charge in [-0.3, -0.25) is 4.90 Å². The third-order valence-electron chi connectivity index (χ3n) is 3.28. The van der Waals surface area contributed by atoms with E-state index in [-0.39, 0.29) is 5.97 Å². The minimum Gasteiger partial charge on any atom is -0.497 e. The molecule has 1 aromatic rings. The van der Waals surface area contributed by atoms with Crippen LogP contribution in [0.4, 0.5) is 0 Å². The maximum atomic E-state index is 11.6. The predicted molar refractivity (Wildman–Crippen MR) is 80.2 cm³/mol. The van der Waals surface area contributed by atoms with E-state index in [2.05, 4.69) is 4.90 Å². The van der Waals surface area contributed by atoms with Gasteiger partial charge in [-0.1, -0.05) is 12.1 Å². The Morgan fingerprint density at radius 3 is 2.67 bits per heavy atom. The lowest BCUT2D eigenvalue weighted by molar-refractivity contribution is -0.138. The van der Waals surface area contributed by atoms with Gasteiger partial charge in [0.2, 0.25) is 0 Å². The highest BCUT2D eigenvalue weighted by atomic mass is 16.5. The number of nitrogens with zero attached hydrogens (tertiary/aromatic N) is 1. The third kappa shape index (κ3) is 5.57. The van der Waals surface area contributed by atoms with Gasteiger partial charge in [-0.25, -0.2) is 4.79 Å². The summed E-state index contributed by atoms with van der Waals surface area (Å²) in [6.45, 7) is 4.48. The number of benzene rings is 1. The summed E-state index contributed by atoms with van der Waals surface area (Å²) < 4.78 is 15.5. The molecule has 21 heavy (non-hydrogen) atoms. The number of morpholine rings is 1. The first kappa shape index (κ1) is 15.5. The highest BCUT2D eigenvalue weighted by molar-refractivity contribution is 5.87. The standard InChI is InChI=1S/C16H21NO4/c1-19-15-5-2-14(3-6-15)4-7-16(18)21-13-10-17-8-11-20-12-9-17/h2-7H,8-13H2,1H3/b7-4+. The summed E-state index contributed by atoms with van der Waals surface area (Å²) >= 11 is 0. The lowest BCUT2D eigenvalue weighted by Gasteiger charge is -2.25. The summed E-state index contributed by atoms with van der Waals surface area (Å²) in [4.78, 5) is 13.8. The van der Waals surface area contributed by atoms with E-state index in [0.29, 0.717) is 6.61 Å². The second kappa shape index (κ2) is 8.44. The number of methoxy groups -OCH3 is 1. The molecule has 0 atom stereocenters. The van der Waals surface area contributed by atoms with E-state index >= 15 is 0 Å². The Morgan fingerprint density at radius 1 is 1.29 bits per heavy atom. The average Bonchev–Trinajstić information content (AvgIpc) is 2.54. The molecular weight excluding hydrogens is 270 g/mol. The van der Waals surface area contributed by atoms with Gasteiger partial charge in [0.15, 0.2) is 0 Å². The quantitative estimate of drug-likeness (QED) is 0.588. The van der Waals surface area contributed by atoms with Crippen LogP contribution in [0.15, 0.2) is 30.3 Å². The number of hydrogen-bond donors (Lipinski definition) is 0. The minimum absolute atomic E-state index is 0.320. The molecule has 5 nitrogen and oxygen atoms in total. The van der Waals surface area contributed by atoms with Crippen molar-refractivity contribution >= 4 is 12.0 Å². The molecule has 0 bridgehead atoms. The molecule has 0 saturated carbocycles. The molecular formula is C16H21NO4. The van der Waals surface area contributed by atoms with Crippen molar-refractivity contribution in [3.63, 3.8) is 0 Å². The molecule has 1 aliphatic heterocycles. The molecule has 1 aliphatic rings. The van der Waals surface area contributed by atoms with Crippen molar-refractivity contribution in [1.29, 1.82) is 0 Å². The van der Waals surface area contributed by atoms with Crippen LogP contribution in [0.5, 0.6) is 5.75 Å². The van der Waals surface area contributed by atoms with Crippen LogP contribution < -0.4 is 4.74 Å². The van der Waals surface area contributed by atoms with Gasteiger partial charge in [0.25, 0.3) is 0 Å². The molecule has 1 saturated heterocycles. The zero-order valence-corrected chi connectivity index (χ0v) is 12.3. The molecule has 1 heterocycles. The first-order valence-corrected chi connectivity index (χ1v) is 7.07. The Labute approximate surface area is 125 Å². The first-order valence-electron chi connectivity index (χ1n) is 7.07. The van der Waals surface area contributed by atoms with Crippen molar-refractivity contribution in [1.82, 2.24) is 4.90 Å². The predicted octanol–water partition coefficient (Wildman–Crippen LogP) is 1.58. The van der Waals surface area contributed by atoms with Crippen LogP contribution in [-0.2, 0) is 14.3 Å². The van der Waals surface area contributed by atoms with Gasteiger partial charge in [0.1, 0.15) is 12.4 Å². The molecule has 0 amide bonds. The van der Waals surface area contributed by atoms with Crippen molar-refractivity contribution < 1.29 is 19.0 Å². The number of carbonyl (C=O) groups is 1. The fourth-order valence-electron chi connectivity index (χ4n) is 2.03. The fourth-order valence-corrected chi connectivity index (χ4v) is 2.03. The van der Waals surface area contributed by atoms with Crippen LogP contribution in [0.1, 0.15) is 5.56 Å². The second-order valence-corrected chi connectivity index (χ2v) is 4.73. The topological polar surface area (TPSA) is 48.0 Å². The number of rotatable bonds is 6. The van der Waals surface area contributed by atoms with Gasteiger partial charge in [-0.15, -0.1) is 0 Å². The highest BCUT2D eigenvalue weighted by Crippen LogP contribution is 2.12. The Bertz CT molecular complexity index is 464. The number of hydrogen-bond acceptors (Lipinski definition) is 5. The van der Waals surface area contributed by atoms with Crippen LogP contribution in [0, 0.1) is 0 Å². The van der Waals surface area contributed by atoms with E-state index in [4.69, 9.17) is 14.2 Å². The summed E-state index contributed by atoms with van der Waals surface area (Å²) in [6, 6.07) is 7.47. The molecule has 1 aromatic carbocycles. The summed E-state index contributed by atoms with van der Waals surface area (Å²) in [5.41, 5.74) is 0.931. The van der Waals surface area contributed by atoms with E-state index in [1.807, 2.05) is 24.3 Å². The van der Waals surface area contributed by atoms with Crippen molar-refractivity contribution in [3.05, 3.63) is 35.9 Å².